The van der Waals surface area contributed by atoms with E-state index in [0.717, 1.165) is 37.2 Å². The smallest absolute Gasteiger partial charge is 0.254 e. The van der Waals surface area contributed by atoms with Crippen LogP contribution in [0.3, 0.4) is 0 Å². The number of nitrogens with one attached hydrogen (secondary N) is 1. The lowest BCUT2D eigenvalue weighted by Gasteiger charge is -2.54. The maximum Gasteiger partial charge on any atom is 0.254 e. The molecule has 158 valence electrons. The second-order valence-corrected chi connectivity index (χ2v) is 8.76. The second kappa shape index (κ2) is 8.42. The van der Waals surface area contributed by atoms with Crippen molar-refractivity contribution in [2.24, 2.45) is 5.92 Å². The molecule has 7 nitrogen and oxygen atoms in total. The molecular weight excluding hydrogens is 370 g/mol. The molecule has 3 aliphatic rings. The average Bonchev–Trinajstić information content (AvgIpc) is 2.70. The van der Waals surface area contributed by atoms with Crippen molar-refractivity contribution < 1.29 is 19.1 Å². The zero-order valence-corrected chi connectivity index (χ0v) is 17.4. The summed E-state index contributed by atoms with van der Waals surface area (Å²) in [6, 6.07) is 7.39. The fourth-order valence-corrected chi connectivity index (χ4v) is 4.53. The fraction of sp³-hybridized carbons (Fsp3) is 0.636. The zero-order chi connectivity index (χ0) is 20.4. The summed E-state index contributed by atoms with van der Waals surface area (Å²) >= 11 is 0. The molecule has 2 amide bonds. The molecule has 1 aromatic rings. The van der Waals surface area contributed by atoms with Crippen LogP contribution in [0.4, 0.5) is 0 Å². The molecule has 3 heterocycles. The van der Waals surface area contributed by atoms with E-state index in [1.54, 1.807) is 0 Å². The molecule has 1 N–H and O–H groups in total. The van der Waals surface area contributed by atoms with E-state index < -0.39 is 0 Å². The molecule has 3 aliphatic heterocycles. The number of hydrogen-bond acceptors (Lipinski definition) is 5. The summed E-state index contributed by atoms with van der Waals surface area (Å²) < 4.78 is 11.5. The zero-order valence-electron chi connectivity index (χ0n) is 17.4. The summed E-state index contributed by atoms with van der Waals surface area (Å²) in [5.74, 6) is 0.574. The number of nitrogens with zero attached hydrogens (tertiary/aromatic N) is 2. The van der Waals surface area contributed by atoms with E-state index in [9.17, 15) is 9.59 Å². The Balaban J connectivity index is 1.26. The van der Waals surface area contributed by atoms with Crippen LogP contribution in [-0.4, -0.2) is 86.3 Å². The highest BCUT2D eigenvalue weighted by Crippen LogP contribution is 2.31. The normalized spacial score (nSPS) is 24.9. The van der Waals surface area contributed by atoms with Gasteiger partial charge in [0.1, 0.15) is 11.6 Å². The van der Waals surface area contributed by atoms with Gasteiger partial charge in [0, 0.05) is 31.9 Å². The van der Waals surface area contributed by atoms with Gasteiger partial charge in [0.2, 0.25) is 5.91 Å². The third kappa shape index (κ3) is 4.47. The Kier molecular flexibility index (Phi) is 5.90. The lowest BCUT2D eigenvalue weighted by molar-refractivity contribution is -0.187. The number of likely N-dealkylation sites (tertiary alicyclic amines) is 1. The molecule has 3 fully saturated rings. The molecule has 0 aliphatic carbocycles. The minimum Gasteiger partial charge on any atom is -0.381 e. The van der Waals surface area contributed by atoms with Gasteiger partial charge in [-0.3, -0.25) is 14.5 Å². The van der Waals surface area contributed by atoms with E-state index in [1.807, 2.05) is 43.1 Å². The molecule has 0 bridgehead atoms. The minimum atomic E-state index is -0.355. The Bertz CT molecular complexity index is 756. The summed E-state index contributed by atoms with van der Waals surface area (Å²) in [6.07, 6.45) is 2.01. The van der Waals surface area contributed by atoms with Crippen LogP contribution in [0.15, 0.2) is 24.3 Å². The van der Waals surface area contributed by atoms with Crippen LogP contribution in [0.1, 0.15) is 28.8 Å². The number of rotatable bonds is 4. The van der Waals surface area contributed by atoms with Crippen molar-refractivity contribution in [3.8, 4) is 0 Å². The van der Waals surface area contributed by atoms with Gasteiger partial charge in [0.15, 0.2) is 0 Å². The maximum atomic E-state index is 12.7. The lowest BCUT2D eigenvalue weighted by atomic mass is 9.89. The Labute approximate surface area is 172 Å². The molecule has 0 saturated carbocycles. The predicted octanol–water partition coefficient (Wildman–Crippen LogP) is 1.06. The van der Waals surface area contributed by atoms with E-state index in [4.69, 9.17) is 9.47 Å². The number of morpholine rings is 1. The number of benzene rings is 1. The second-order valence-electron chi connectivity index (χ2n) is 8.76. The molecule has 0 aromatic heterocycles. The quantitative estimate of drug-likeness (QED) is 0.817. The molecule has 0 unspecified atom stereocenters. The molecule has 3 saturated heterocycles. The first kappa shape index (κ1) is 20.3. The monoisotopic (exact) mass is 401 g/mol. The molecule has 1 atom stereocenters. The highest BCUT2D eigenvalue weighted by Gasteiger charge is 2.51. The Morgan fingerprint density at radius 2 is 1.97 bits per heavy atom. The van der Waals surface area contributed by atoms with Gasteiger partial charge in [-0.25, -0.2) is 0 Å². The van der Waals surface area contributed by atoms with E-state index >= 15 is 0 Å². The van der Waals surface area contributed by atoms with Gasteiger partial charge in [-0.05, 0) is 44.9 Å². The van der Waals surface area contributed by atoms with Crippen LogP contribution in [0.25, 0.3) is 0 Å². The Morgan fingerprint density at radius 1 is 1.21 bits per heavy atom. The topological polar surface area (TPSA) is 71.1 Å². The van der Waals surface area contributed by atoms with Crippen molar-refractivity contribution in [3.05, 3.63) is 35.4 Å². The van der Waals surface area contributed by atoms with Gasteiger partial charge >= 0.3 is 0 Å². The van der Waals surface area contributed by atoms with E-state index in [1.165, 1.54) is 0 Å². The molecule has 0 radical (unpaired) electrons. The molecule has 29 heavy (non-hydrogen) atoms. The maximum absolute atomic E-state index is 12.7. The largest absolute Gasteiger partial charge is 0.381 e. The van der Waals surface area contributed by atoms with E-state index in [-0.39, 0.29) is 23.5 Å². The molecule has 1 spiro atoms. The summed E-state index contributed by atoms with van der Waals surface area (Å²) in [7, 11) is 1.97. The van der Waals surface area contributed by atoms with E-state index in [2.05, 4.69) is 10.2 Å². The number of ether oxygens (including phenoxy) is 2. The Hall–Kier alpha value is -1.96. The van der Waals surface area contributed by atoms with Crippen LogP contribution in [0, 0.1) is 12.8 Å². The number of amides is 2. The van der Waals surface area contributed by atoms with Crippen molar-refractivity contribution in [2.75, 3.05) is 53.0 Å². The molecule has 1 aromatic carbocycles. The van der Waals surface area contributed by atoms with Gasteiger partial charge in [-0.2, -0.15) is 0 Å². The number of likely N-dealkylation sites (N-methyl/N-ethyl adjacent to an activating group) is 1. The third-order valence-electron chi connectivity index (χ3n) is 6.34. The van der Waals surface area contributed by atoms with Gasteiger partial charge in [-0.15, -0.1) is 0 Å². The predicted molar refractivity (Wildman–Crippen MR) is 109 cm³/mol. The summed E-state index contributed by atoms with van der Waals surface area (Å²) in [5.41, 5.74) is 1.44. The minimum absolute atomic E-state index is 0.0286. The number of aryl methyl sites for hydroxylation is 1. The first-order chi connectivity index (χ1) is 14.0. The molecule has 4 rings (SSSR count). The highest BCUT2D eigenvalue weighted by molar-refractivity contribution is 5.95. The van der Waals surface area contributed by atoms with Crippen molar-refractivity contribution in [1.82, 2.24) is 15.1 Å². The summed E-state index contributed by atoms with van der Waals surface area (Å²) in [5, 5.41) is 3.09. The fourth-order valence-electron chi connectivity index (χ4n) is 4.53. The summed E-state index contributed by atoms with van der Waals surface area (Å²) in [4.78, 5) is 29.2. The average molecular weight is 402 g/mol. The Morgan fingerprint density at radius 3 is 2.66 bits per heavy atom. The van der Waals surface area contributed by atoms with Crippen molar-refractivity contribution in [3.63, 3.8) is 0 Å². The number of carbonyl (C=O) groups excluding carboxylic acids is 2. The standard InChI is InChI=1S/C22H31N3O4/c1-16-4-3-5-18(10-16)21(27)25-14-22(15-25)13-24(2)19(12-29-22)20(26)23-11-17-6-8-28-9-7-17/h3-5,10,17,19H,6-9,11-15H2,1-2H3,(H,23,26)/t19-/m0/s1. The van der Waals surface area contributed by atoms with Gasteiger partial charge in [0.25, 0.3) is 5.91 Å². The number of hydrogen-bond donors (Lipinski definition) is 1. The highest BCUT2D eigenvalue weighted by atomic mass is 16.5. The van der Waals surface area contributed by atoms with Crippen LogP contribution < -0.4 is 5.32 Å². The van der Waals surface area contributed by atoms with Crippen LogP contribution in [0.2, 0.25) is 0 Å². The lowest BCUT2D eigenvalue weighted by Crippen LogP contribution is -2.73. The first-order valence-electron chi connectivity index (χ1n) is 10.5. The van der Waals surface area contributed by atoms with Crippen molar-refractivity contribution in [2.45, 2.75) is 31.4 Å². The molecular formula is C22H31N3O4. The van der Waals surface area contributed by atoms with Gasteiger partial charge in [0.05, 0.1) is 19.7 Å². The van der Waals surface area contributed by atoms with Gasteiger partial charge < -0.3 is 19.7 Å². The van der Waals surface area contributed by atoms with E-state index in [0.29, 0.717) is 38.7 Å². The van der Waals surface area contributed by atoms with Crippen LogP contribution >= 0.6 is 0 Å². The first-order valence-corrected chi connectivity index (χ1v) is 10.5. The SMILES string of the molecule is Cc1cccc(C(=O)N2CC3(C2)CN(C)[C@H](C(=O)NCC2CCOCC2)CO3)c1. The molecule has 7 heteroatoms. The van der Waals surface area contributed by atoms with Gasteiger partial charge in [-0.1, -0.05) is 17.7 Å². The van der Waals surface area contributed by atoms with Crippen molar-refractivity contribution in [1.29, 1.82) is 0 Å². The van der Waals surface area contributed by atoms with Crippen LogP contribution in [0.5, 0.6) is 0 Å². The summed E-state index contributed by atoms with van der Waals surface area (Å²) in [6.45, 7) is 6.42. The van der Waals surface area contributed by atoms with Crippen LogP contribution in [-0.2, 0) is 14.3 Å². The number of carbonyl (C=O) groups is 2. The van der Waals surface area contributed by atoms with Crippen molar-refractivity contribution >= 4 is 11.8 Å². The third-order valence-corrected chi connectivity index (χ3v) is 6.34.